The molecule has 2 aromatic rings. The molecule has 2 saturated heterocycles. The fourth-order valence-electron chi connectivity index (χ4n) is 5.01. The van der Waals surface area contributed by atoms with Crippen LogP contribution in [-0.2, 0) is 21.2 Å². The van der Waals surface area contributed by atoms with E-state index in [0.29, 0.717) is 31.3 Å². The zero-order valence-electron chi connectivity index (χ0n) is 17.9. The number of aromatic nitrogens is 2. The molecule has 0 bridgehead atoms. The molecule has 0 N–H and O–H groups in total. The van der Waals surface area contributed by atoms with E-state index in [9.17, 15) is 13.2 Å². The Kier molecular flexibility index (Phi) is 4.97. The summed E-state index contributed by atoms with van der Waals surface area (Å²) < 4.78 is 26.0. The molecule has 0 spiro atoms. The molecular formula is C22H27N5O3S. The number of carbonyl (C=O) groups is 1. The maximum atomic E-state index is 12.2. The molecule has 3 aliphatic rings. The number of nitrogens with zero attached hydrogens (tertiary/aromatic N) is 5. The van der Waals surface area contributed by atoms with Gasteiger partial charge in [0.2, 0.25) is 15.9 Å². The lowest BCUT2D eigenvalue weighted by atomic mass is 9.98. The number of anilines is 2. The van der Waals surface area contributed by atoms with Crippen LogP contribution in [0.2, 0.25) is 0 Å². The summed E-state index contributed by atoms with van der Waals surface area (Å²) in [4.78, 5) is 25.2. The molecule has 4 heterocycles. The fourth-order valence-corrected chi connectivity index (χ4v) is 6.21. The summed E-state index contributed by atoms with van der Waals surface area (Å²) in [7, 11) is -1.30. The fraction of sp³-hybridized carbons (Fsp3) is 0.500. The van der Waals surface area contributed by atoms with Crippen LogP contribution in [0.15, 0.2) is 30.6 Å². The predicted molar refractivity (Wildman–Crippen MR) is 119 cm³/mol. The zero-order valence-corrected chi connectivity index (χ0v) is 18.7. The first kappa shape index (κ1) is 20.4. The van der Waals surface area contributed by atoms with Crippen molar-refractivity contribution in [3.8, 4) is 11.3 Å². The molecule has 0 radical (unpaired) electrons. The van der Waals surface area contributed by atoms with Crippen LogP contribution in [-0.4, -0.2) is 67.6 Å². The Morgan fingerprint density at radius 2 is 1.81 bits per heavy atom. The van der Waals surface area contributed by atoms with E-state index in [-0.39, 0.29) is 11.7 Å². The average molecular weight is 442 g/mol. The van der Waals surface area contributed by atoms with Gasteiger partial charge in [-0.2, -0.15) is 0 Å². The highest BCUT2D eigenvalue weighted by Gasteiger charge is 2.43. The molecule has 0 unspecified atom stereocenters. The van der Waals surface area contributed by atoms with Gasteiger partial charge in [-0.1, -0.05) is 6.07 Å². The Labute approximate surface area is 182 Å². The molecule has 1 amide bonds. The van der Waals surface area contributed by atoms with E-state index in [1.54, 1.807) is 28.5 Å². The van der Waals surface area contributed by atoms with Crippen LogP contribution >= 0.6 is 0 Å². The Balaban J connectivity index is 1.34. The van der Waals surface area contributed by atoms with Gasteiger partial charge in [-0.15, -0.1) is 0 Å². The maximum Gasteiger partial charge on any atom is 0.227 e. The van der Waals surface area contributed by atoms with Crippen LogP contribution in [0.25, 0.3) is 11.3 Å². The average Bonchev–Trinajstić information content (AvgIpc) is 3.36. The molecule has 31 heavy (non-hydrogen) atoms. The third-order valence-electron chi connectivity index (χ3n) is 6.88. The highest BCUT2D eigenvalue weighted by Crippen LogP contribution is 2.35. The minimum absolute atomic E-state index is 0.145. The quantitative estimate of drug-likeness (QED) is 0.719. The van der Waals surface area contributed by atoms with Gasteiger partial charge in [0.1, 0.15) is 5.82 Å². The van der Waals surface area contributed by atoms with Crippen molar-refractivity contribution < 1.29 is 13.2 Å². The first-order valence-electron chi connectivity index (χ1n) is 10.8. The Bertz CT molecular complexity index is 1120. The SMILES string of the molecule is CCS(=O)(=O)N1C[C@H]2CN(c3cncc(-c4ccc5c(c4)CCC(=O)N5C)n3)C[C@H]2C1. The largest absolute Gasteiger partial charge is 0.355 e. The molecule has 0 saturated carbocycles. The topological polar surface area (TPSA) is 86.7 Å². The smallest absolute Gasteiger partial charge is 0.227 e. The van der Waals surface area contributed by atoms with Crippen molar-refractivity contribution in [2.75, 3.05) is 48.8 Å². The van der Waals surface area contributed by atoms with E-state index in [1.165, 1.54) is 0 Å². The van der Waals surface area contributed by atoms with E-state index in [2.05, 4.69) is 16.0 Å². The molecular weight excluding hydrogens is 414 g/mol. The monoisotopic (exact) mass is 441 g/mol. The second-order valence-corrected chi connectivity index (χ2v) is 11.0. The molecule has 0 aliphatic carbocycles. The molecule has 164 valence electrons. The standard InChI is InChI=1S/C22H27N5O3S/c1-3-31(29,30)27-13-17-11-26(12-18(17)14-27)21-10-23-9-19(24-21)15-4-6-20-16(8-15)5-7-22(28)25(20)2/h4,6,8-10,17-18H,3,5,7,11-14H2,1-2H3/t17-,18+. The Morgan fingerprint density at radius 1 is 1.06 bits per heavy atom. The lowest BCUT2D eigenvalue weighted by Crippen LogP contribution is -2.34. The van der Waals surface area contributed by atoms with Gasteiger partial charge in [0.15, 0.2) is 0 Å². The number of sulfonamides is 1. The van der Waals surface area contributed by atoms with Crippen LogP contribution in [0.4, 0.5) is 11.5 Å². The maximum absolute atomic E-state index is 12.2. The summed E-state index contributed by atoms with van der Waals surface area (Å²) in [6.07, 6.45) is 4.83. The third kappa shape index (κ3) is 3.59. The van der Waals surface area contributed by atoms with Crippen LogP contribution in [0.1, 0.15) is 18.9 Å². The van der Waals surface area contributed by atoms with Crippen molar-refractivity contribution >= 4 is 27.4 Å². The Hall–Kier alpha value is -2.52. The van der Waals surface area contributed by atoms with Gasteiger partial charge in [-0.05, 0) is 42.9 Å². The van der Waals surface area contributed by atoms with Gasteiger partial charge >= 0.3 is 0 Å². The highest BCUT2D eigenvalue weighted by molar-refractivity contribution is 7.89. The van der Waals surface area contributed by atoms with Gasteiger partial charge < -0.3 is 9.80 Å². The number of amides is 1. The predicted octanol–water partition coefficient (Wildman–Crippen LogP) is 1.77. The van der Waals surface area contributed by atoms with Crippen molar-refractivity contribution in [1.82, 2.24) is 14.3 Å². The second-order valence-electron chi connectivity index (χ2n) is 8.70. The van der Waals surface area contributed by atoms with E-state index in [1.807, 2.05) is 19.2 Å². The van der Waals surface area contributed by atoms with Crippen molar-refractivity contribution in [1.29, 1.82) is 0 Å². The summed E-state index contributed by atoms with van der Waals surface area (Å²) in [5, 5.41) is 0. The van der Waals surface area contributed by atoms with Crippen molar-refractivity contribution in [2.24, 2.45) is 11.8 Å². The number of fused-ring (bicyclic) bond motifs is 2. The molecule has 8 nitrogen and oxygen atoms in total. The first-order valence-corrected chi connectivity index (χ1v) is 12.4. The van der Waals surface area contributed by atoms with E-state index < -0.39 is 10.0 Å². The Morgan fingerprint density at radius 3 is 2.52 bits per heavy atom. The molecule has 2 fully saturated rings. The summed E-state index contributed by atoms with van der Waals surface area (Å²) in [5.74, 6) is 1.81. The van der Waals surface area contributed by atoms with Gasteiger partial charge in [-0.25, -0.2) is 17.7 Å². The lowest BCUT2D eigenvalue weighted by Gasteiger charge is -2.26. The molecule has 3 aliphatic heterocycles. The van der Waals surface area contributed by atoms with E-state index >= 15 is 0 Å². The number of hydrogen-bond acceptors (Lipinski definition) is 6. The van der Waals surface area contributed by atoms with E-state index in [4.69, 9.17) is 4.98 Å². The molecule has 9 heteroatoms. The molecule has 2 atom stereocenters. The first-order chi connectivity index (χ1) is 14.9. The van der Waals surface area contributed by atoms with Gasteiger partial charge in [0.05, 0.1) is 23.8 Å². The summed E-state index contributed by atoms with van der Waals surface area (Å²) in [6, 6.07) is 6.09. The highest BCUT2D eigenvalue weighted by atomic mass is 32.2. The van der Waals surface area contributed by atoms with Crippen LogP contribution in [0.5, 0.6) is 0 Å². The minimum atomic E-state index is -3.12. The number of carbonyl (C=O) groups excluding carboxylic acids is 1. The third-order valence-corrected chi connectivity index (χ3v) is 8.69. The molecule has 5 rings (SSSR count). The summed E-state index contributed by atoms with van der Waals surface area (Å²) in [6.45, 7) is 4.50. The van der Waals surface area contributed by atoms with Crippen molar-refractivity contribution in [3.05, 3.63) is 36.2 Å². The lowest BCUT2D eigenvalue weighted by molar-refractivity contribution is -0.118. The molecule has 1 aromatic carbocycles. The number of rotatable bonds is 4. The normalized spacial score (nSPS) is 23.9. The number of aryl methyl sites for hydroxylation is 1. The van der Waals surface area contributed by atoms with Crippen molar-refractivity contribution in [2.45, 2.75) is 19.8 Å². The van der Waals surface area contributed by atoms with Gasteiger partial charge in [0.25, 0.3) is 0 Å². The zero-order chi connectivity index (χ0) is 21.8. The van der Waals surface area contributed by atoms with Gasteiger partial charge in [-0.3, -0.25) is 9.78 Å². The summed E-state index contributed by atoms with van der Waals surface area (Å²) in [5.41, 5.74) is 3.92. The van der Waals surface area contributed by atoms with Crippen molar-refractivity contribution in [3.63, 3.8) is 0 Å². The second kappa shape index (κ2) is 7.56. The number of benzene rings is 1. The number of hydrogen-bond donors (Lipinski definition) is 0. The molecule has 1 aromatic heterocycles. The van der Waals surface area contributed by atoms with E-state index in [0.717, 1.165) is 47.8 Å². The van der Waals surface area contributed by atoms with Crippen LogP contribution in [0, 0.1) is 11.8 Å². The van der Waals surface area contributed by atoms with Crippen LogP contribution < -0.4 is 9.80 Å². The minimum Gasteiger partial charge on any atom is -0.355 e. The van der Waals surface area contributed by atoms with Gasteiger partial charge in [0, 0.05) is 50.9 Å². The summed E-state index contributed by atoms with van der Waals surface area (Å²) >= 11 is 0. The van der Waals surface area contributed by atoms with Crippen LogP contribution in [0.3, 0.4) is 0 Å².